The second-order valence-electron chi connectivity index (χ2n) is 3.99. The molecular formula is C12H17ClN2OS. The summed E-state index contributed by atoms with van der Waals surface area (Å²) < 4.78 is 0. The van der Waals surface area contributed by atoms with E-state index in [1.54, 1.807) is 11.8 Å². The molecule has 1 aromatic rings. The summed E-state index contributed by atoms with van der Waals surface area (Å²) in [6.07, 6.45) is 0.932. The van der Waals surface area contributed by atoms with E-state index in [1.807, 2.05) is 35.2 Å². The van der Waals surface area contributed by atoms with E-state index in [0.717, 1.165) is 17.9 Å². The third kappa shape index (κ3) is 4.22. The fraction of sp³-hybridized carbons (Fsp3) is 0.417. The number of carbonyl (C=O) groups is 1. The van der Waals surface area contributed by atoms with Crippen LogP contribution >= 0.6 is 24.2 Å². The van der Waals surface area contributed by atoms with Gasteiger partial charge in [0.1, 0.15) is 0 Å². The van der Waals surface area contributed by atoms with Gasteiger partial charge in [-0.3, -0.25) is 4.79 Å². The van der Waals surface area contributed by atoms with Crippen molar-refractivity contribution in [3.05, 3.63) is 30.3 Å². The largest absolute Gasteiger partial charge is 0.340 e. The van der Waals surface area contributed by atoms with Gasteiger partial charge in [0, 0.05) is 24.0 Å². The monoisotopic (exact) mass is 272 g/mol. The number of hydrogen-bond acceptors (Lipinski definition) is 3. The molecule has 1 aromatic carbocycles. The van der Waals surface area contributed by atoms with E-state index in [-0.39, 0.29) is 24.4 Å². The average molecular weight is 273 g/mol. The van der Waals surface area contributed by atoms with Gasteiger partial charge in [0.15, 0.2) is 0 Å². The SMILES string of the molecule is Cl.NC1CCN(C(=O)CSc2ccccc2)C1. The fourth-order valence-electron chi connectivity index (χ4n) is 1.77. The molecule has 1 aliphatic heterocycles. The van der Waals surface area contributed by atoms with Gasteiger partial charge < -0.3 is 10.6 Å². The van der Waals surface area contributed by atoms with Gasteiger partial charge in [0.05, 0.1) is 5.75 Å². The zero-order valence-electron chi connectivity index (χ0n) is 9.54. The van der Waals surface area contributed by atoms with E-state index in [4.69, 9.17) is 5.73 Å². The number of likely N-dealkylation sites (tertiary alicyclic amines) is 1. The number of nitrogens with two attached hydrogens (primary N) is 1. The summed E-state index contributed by atoms with van der Waals surface area (Å²) >= 11 is 1.58. The first-order chi connectivity index (χ1) is 7.75. The zero-order valence-corrected chi connectivity index (χ0v) is 11.2. The summed E-state index contributed by atoms with van der Waals surface area (Å²) in [6, 6.07) is 10.2. The van der Waals surface area contributed by atoms with E-state index >= 15 is 0 Å². The third-order valence-corrected chi connectivity index (χ3v) is 3.68. The van der Waals surface area contributed by atoms with Gasteiger partial charge in [-0.2, -0.15) is 0 Å². The minimum Gasteiger partial charge on any atom is -0.340 e. The lowest BCUT2D eigenvalue weighted by molar-refractivity contribution is -0.127. The standard InChI is InChI=1S/C12H16N2OS.ClH/c13-10-6-7-14(8-10)12(15)9-16-11-4-2-1-3-5-11;/h1-5,10H,6-9,13H2;1H. The minimum atomic E-state index is 0. The molecule has 0 spiro atoms. The number of nitrogens with zero attached hydrogens (tertiary/aromatic N) is 1. The first-order valence-electron chi connectivity index (χ1n) is 5.47. The van der Waals surface area contributed by atoms with Crippen LogP contribution in [0.3, 0.4) is 0 Å². The number of carbonyl (C=O) groups excluding carboxylic acids is 1. The Bertz CT molecular complexity index is 361. The van der Waals surface area contributed by atoms with Gasteiger partial charge in [0.2, 0.25) is 5.91 Å². The molecule has 1 heterocycles. The van der Waals surface area contributed by atoms with Crippen LogP contribution in [0.2, 0.25) is 0 Å². The van der Waals surface area contributed by atoms with Crippen LogP contribution in [-0.2, 0) is 4.79 Å². The van der Waals surface area contributed by atoms with E-state index < -0.39 is 0 Å². The molecule has 1 aliphatic rings. The predicted octanol–water partition coefficient (Wildman–Crippen LogP) is 1.76. The molecule has 5 heteroatoms. The van der Waals surface area contributed by atoms with Crippen LogP contribution in [-0.4, -0.2) is 35.7 Å². The highest BCUT2D eigenvalue weighted by molar-refractivity contribution is 8.00. The van der Waals surface area contributed by atoms with Crippen molar-refractivity contribution < 1.29 is 4.79 Å². The molecule has 1 amide bonds. The molecule has 1 atom stereocenters. The lowest BCUT2D eigenvalue weighted by Crippen LogP contribution is -2.33. The van der Waals surface area contributed by atoms with Crippen molar-refractivity contribution in [2.75, 3.05) is 18.8 Å². The Kier molecular flexibility index (Phi) is 5.82. The summed E-state index contributed by atoms with van der Waals surface area (Å²) in [6.45, 7) is 1.53. The molecule has 1 saturated heterocycles. The molecule has 0 radical (unpaired) electrons. The molecule has 1 unspecified atom stereocenters. The van der Waals surface area contributed by atoms with Crippen LogP contribution in [0.1, 0.15) is 6.42 Å². The Morgan fingerprint density at radius 1 is 1.41 bits per heavy atom. The predicted molar refractivity (Wildman–Crippen MR) is 73.6 cm³/mol. The quantitative estimate of drug-likeness (QED) is 0.853. The highest BCUT2D eigenvalue weighted by Crippen LogP contribution is 2.18. The van der Waals surface area contributed by atoms with Gasteiger partial charge in [-0.25, -0.2) is 0 Å². The third-order valence-electron chi connectivity index (χ3n) is 2.68. The van der Waals surface area contributed by atoms with Crippen molar-refractivity contribution in [2.24, 2.45) is 5.73 Å². The molecular weight excluding hydrogens is 256 g/mol. The molecule has 0 aliphatic carbocycles. The van der Waals surface area contributed by atoms with Crippen molar-refractivity contribution >= 4 is 30.1 Å². The molecule has 0 aromatic heterocycles. The topological polar surface area (TPSA) is 46.3 Å². The summed E-state index contributed by atoms with van der Waals surface area (Å²) in [5.41, 5.74) is 5.77. The maximum Gasteiger partial charge on any atom is 0.232 e. The Labute approximate surface area is 112 Å². The first-order valence-corrected chi connectivity index (χ1v) is 6.45. The lowest BCUT2D eigenvalue weighted by Gasteiger charge is -2.15. The van der Waals surface area contributed by atoms with Crippen LogP contribution in [0.15, 0.2) is 35.2 Å². The summed E-state index contributed by atoms with van der Waals surface area (Å²) in [5, 5.41) is 0. The number of amides is 1. The smallest absolute Gasteiger partial charge is 0.232 e. The molecule has 17 heavy (non-hydrogen) atoms. The van der Waals surface area contributed by atoms with E-state index in [2.05, 4.69) is 0 Å². The van der Waals surface area contributed by atoms with Crippen molar-refractivity contribution in [1.29, 1.82) is 0 Å². The molecule has 3 nitrogen and oxygen atoms in total. The fourth-order valence-corrected chi connectivity index (χ4v) is 2.59. The van der Waals surface area contributed by atoms with Gasteiger partial charge >= 0.3 is 0 Å². The summed E-state index contributed by atoms with van der Waals surface area (Å²) in [4.78, 5) is 14.8. The van der Waals surface area contributed by atoms with Crippen molar-refractivity contribution in [2.45, 2.75) is 17.4 Å². The van der Waals surface area contributed by atoms with Gasteiger partial charge in [0.25, 0.3) is 0 Å². The van der Waals surface area contributed by atoms with Crippen LogP contribution in [0.25, 0.3) is 0 Å². The minimum absolute atomic E-state index is 0. The molecule has 0 bridgehead atoms. The van der Waals surface area contributed by atoms with Crippen LogP contribution in [0.5, 0.6) is 0 Å². The van der Waals surface area contributed by atoms with Crippen LogP contribution in [0.4, 0.5) is 0 Å². The second kappa shape index (κ2) is 6.89. The van der Waals surface area contributed by atoms with Crippen molar-refractivity contribution in [3.63, 3.8) is 0 Å². The molecule has 2 N–H and O–H groups in total. The maximum absolute atomic E-state index is 11.8. The number of halogens is 1. The number of rotatable bonds is 3. The van der Waals surface area contributed by atoms with Gasteiger partial charge in [-0.1, -0.05) is 18.2 Å². The number of benzene rings is 1. The number of thioether (sulfide) groups is 1. The van der Waals surface area contributed by atoms with E-state index in [1.165, 1.54) is 0 Å². The maximum atomic E-state index is 11.8. The normalized spacial score (nSPS) is 18.9. The van der Waals surface area contributed by atoms with Gasteiger partial charge in [-0.15, -0.1) is 24.2 Å². The first kappa shape index (κ1) is 14.4. The summed E-state index contributed by atoms with van der Waals surface area (Å²) in [5.74, 6) is 0.707. The second-order valence-corrected chi connectivity index (χ2v) is 5.04. The molecule has 2 rings (SSSR count). The zero-order chi connectivity index (χ0) is 11.4. The van der Waals surface area contributed by atoms with E-state index in [9.17, 15) is 4.79 Å². The molecule has 1 fully saturated rings. The van der Waals surface area contributed by atoms with Crippen LogP contribution < -0.4 is 5.73 Å². The Hall–Kier alpha value is -0.710. The molecule has 94 valence electrons. The molecule has 0 saturated carbocycles. The van der Waals surface area contributed by atoms with Crippen molar-refractivity contribution in [3.8, 4) is 0 Å². The van der Waals surface area contributed by atoms with Crippen LogP contribution in [0, 0.1) is 0 Å². The average Bonchev–Trinajstić information content (AvgIpc) is 2.74. The Balaban J connectivity index is 0.00000144. The highest BCUT2D eigenvalue weighted by atomic mass is 35.5. The Morgan fingerprint density at radius 2 is 2.12 bits per heavy atom. The summed E-state index contributed by atoms with van der Waals surface area (Å²) in [7, 11) is 0. The highest BCUT2D eigenvalue weighted by Gasteiger charge is 2.23. The van der Waals surface area contributed by atoms with E-state index in [0.29, 0.717) is 12.3 Å². The lowest BCUT2D eigenvalue weighted by atomic mass is 10.3. The number of hydrogen-bond donors (Lipinski definition) is 1. The van der Waals surface area contributed by atoms with Crippen molar-refractivity contribution in [1.82, 2.24) is 4.90 Å². The van der Waals surface area contributed by atoms with Gasteiger partial charge in [-0.05, 0) is 18.6 Å². The Morgan fingerprint density at radius 3 is 2.71 bits per heavy atom.